The SMILES string of the molecule is CC(OC(=O)C1CCN(S(=O)(=O)c2ccccc2F)CC1)C(=O)NCC1CCCCC1. The summed E-state index contributed by atoms with van der Waals surface area (Å²) in [5.41, 5.74) is 0. The molecule has 31 heavy (non-hydrogen) atoms. The largest absolute Gasteiger partial charge is 0.452 e. The van der Waals surface area contributed by atoms with Gasteiger partial charge in [-0.2, -0.15) is 4.31 Å². The van der Waals surface area contributed by atoms with E-state index in [-0.39, 0.29) is 36.7 Å². The lowest BCUT2D eigenvalue weighted by molar-refractivity contribution is -0.159. The van der Waals surface area contributed by atoms with E-state index in [2.05, 4.69) is 5.32 Å². The van der Waals surface area contributed by atoms with Crippen molar-refractivity contribution in [2.45, 2.75) is 62.9 Å². The first-order valence-electron chi connectivity index (χ1n) is 11.0. The summed E-state index contributed by atoms with van der Waals surface area (Å²) in [7, 11) is -3.95. The minimum atomic E-state index is -3.95. The molecule has 7 nitrogen and oxygen atoms in total. The Morgan fingerprint density at radius 2 is 1.77 bits per heavy atom. The zero-order valence-corrected chi connectivity index (χ0v) is 18.7. The van der Waals surface area contributed by atoms with Gasteiger partial charge in [0.2, 0.25) is 10.0 Å². The lowest BCUT2D eigenvalue weighted by Crippen LogP contribution is -2.43. The van der Waals surface area contributed by atoms with Crippen molar-refractivity contribution in [3.8, 4) is 0 Å². The van der Waals surface area contributed by atoms with Gasteiger partial charge in [0, 0.05) is 19.6 Å². The quantitative estimate of drug-likeness (QED) is 0.640. The molecule has 0 spiro atoms. The predicted octanol–water partition coefficient (Wildman–Crippen LogP) is 2.85. The molecule has 0 aromatic heterocycles. The van der Waals surface area contributed by atoms with Gasteiger partial charge in [-0.3, -0.25) is 9.59 Å². The molecule has 1 aliphatic carbocycles. The fourth-order valence-electron chi connectivity index (χ4n) is 4.23. The Hall–Kier alpha value is -2.00. The number of carbonyl (C=O) groups is 2. The van der Waals surface area contributed by atoms with E-state index in [0.717, 1.165) is 18.9 Å². The number of carbonyl (C=O) groups excluding carboxylic acids is 2. The van der Waals surface area contributed by atoms with E-state index in [4.69, 9.17) is 4.74 Å². The van der Waals surface area contributed by atoms with E-state index in [9.17, 15) is 22.4 Å². The van der Waals surface area contributed by atoms with Crippen molar-refractivity contribution < 1.29 is 27.1 Å². The van der Waals surface area contributed by atoms with Gasteiger partial charge in [-0.05, 0) is 50.7 Å². The number of halogens is 1. The maximum absolute atomic E-state index is 13.9. The van der Waals surface area contributed by atoms with Crippen molar-refractivity contribution in [2.75, 3.05) is 19.6 Å². The van der Waals surface area contributed by atoms with Crippen LogP contribution >= 0.6 is 0 Å². The molecule has 1 aromatic rings. The molecule has 1 amide bonds. The summed E-state index contributed by atoms with van der Waals surface area (Å²) in [5.74, 6) is -1.60. The van der Waals surface area contributed by atoms with Crippen LogP contribution in [0.1, 0.15) is 51.9 Å². The van der Waals surface area contributed by atoms with Gasteiger partial charge in [-0.15, -0.1) is 0 Å². The van der Waals surface area contributed by atoms with Crippen LogP contribution in [0.4, 0.5) is 4.39 Å². The molecule has 2 fully saturated rings. The van der Waals surface area contributed by atoms with Crippen LogP contribution in [0.25, 0.3) is 0 Å². The fourth-order valence-corrected chi connectivity index (χ4v) is 5.76. The summed E-state index contributed by atoms with van der Waals surface area (Å²) >= 11 is 0. The van der Waals surface area contributed by atoms with Crippen LogP contribution < -0.4 is 5.32 Å². The van der Waals surface area contributed by atoms with E-state index in [1.165, 1.54) is 41.8 Å². The molecule has 0 bridgehead atoms. The number of sulfonamides is 1. The smallest absolute Gasteiger partial charge is 0.309 e. The monoisotopic (exact) mass is 454 g/mol. The second-order valence-electron chi connectivity index (χ2n) is 8.44. The molecule has 0 radical (unpaired) electrons. The number of hydrogen-bond acceptors (Lipinski definition) is 5. The zero-order chi connectivity index (χ0) is 22.4. The maximum atomic E-state index is 13.9. The van der Waals surface area contributed by atoms with Crippen molar-refractivity contribution in [1.29, 1.82) is 0 Å². The summed E-state index contributed by atoms with van der Waals surface area (Å²) in [6.07, 6.45) is 5.50. The van der Waals surface area contributed by atoms with Gasteiger partial charge in [-0.1, -0.05) is 31.4 Å². The molecular weight excluding hydrogens is 423 g/mol. The van der Waals surface area contributed by atoms with Crippen LogP contribution in [0.3, 0.4) is 0 Å². The second kappa shape index (κ2) is 10.5. The third-order valence-electron chi connectivity index (χ3n) is 6.19. The van der Waals surface area contributed by atoms with Gasteiger partial charge in [-0.25, -0.2) is 12.8 Å². The highest BCUT2D eigenvalue weighted by atomic mass is 32.2. The minimum absolute atomic E-state index is 0.0959. The molecule has 1 aromatic carbocycles. The molecule has 172 valence electrons. The van der Waals surface area contributed by atoms with Gasteiger partial charge in [0.05, 0.1) is 5.92 Å². The van der Waals surface area contributed by atoms with Gasteiger partial charge >= 0.3 is 5.97 Å². The van der Waals surface area contributed by atoms with Crippen molar-refractivity contribution in [3.63, 3.8) is 0 Å². The highest BCUT2D eigenvalue weighted by Gasteiger charge is 2.35. The average Bonchev–Trinajstić information content (AvgIpc) is 2.78. The van der Waals surface area contributed by atoms with E-state index < -0.39 is 33.8 Å². The van der Waals surface area contributed by atoms with Crippen LogP contribution in [0.15, 0.2) is 29.2 Å². The van der Waals surface area contributed by atoms with E-state index in [1.807, 2.05) is 0 Å². The molecule has 3 rings (SSSR count). The Morgan fingerprint density at radius 3 is 2.42 bits per heavy atom. The average molecular weight is 455 g/mol. The van der Waals surface area contributed by atoms with Gasteiger partial charge < -0.3 is 10.1 Å². The highest BCUT2D eigenvalue weighted by molar-refractivity contribution is 7.89. The normalized spacial score (nSPS) is 20.2. The van der Waals surface area contributed by atoms with Crippen LogP contribution in [0.5, 0.6) is 0 Å². The van der Waals surface area contributed by atoms with Crippen LogP contribution in [-0.2, 0) is 24.3 Å². The third-order valence-corrected chi connectivity index (χ3v) is 8.13. The van der Waals surface area contributed by atoms with Gasteiger partial charge in [0.25, 0.3) is 5.91 Å². The van der Waals surface area contributed by atoms with E-state index in [0.29, 0.717) is 12.5 Å². The first kappa shape index (κ1) is 23.7. The molecule has 9 heteroatoms. The summed E-state index contributed by atoms with van der Waals surface area (Å²) in [4.78, 5) is 24.4. The topological polar surface area (TPSA) is 92.8 Å². The van der Waals surface area contributed by atoms with Crippen LogP contribution in [-0.4, -0.2) is 50.3 Å². The summed E-state index contributed by atoms with van der Waals surface area (Å²) in [6, 6.07) is 5.25. The number of benzene rings is 1. The Labute approximate surface area is 183 Å². The fraction of sp³-hybridized carbons (Fsp3) is 0.636. The van der Waals surface area contributed by atoms with E-state index in [1.54, 1.807) is 6.92 Å². The number of nitrogens with zero attached hydrogens (tertiary/aromatic N) is 1. The Morgan fingerprint density at radius 1 is 1.13 bits per heavy atom. The highest BCUT2D eigenvalue weighted by Crippen LogP contribution is 2.26. The predicted molar refractivity (Wildman–Crippen MR) is 113 cm³/mol. The van der Waals surface area contributed by atoms with Crippen molar-refractivity contribution in [2.24, 2.45) is 11.8 Å². The molecule has 1 aliphatic heterocycles. The van der Waals surface area contributed by atoms with Crippen molar-refractivity contribution in [3.05, 3.63) is 30.1 Å². The first-order valence-corrected chi connectivity index (χ1v) is 12.5. The van der Waals surface area contributed by atoms with Crippen molar-refractivity contribution >= 4 is 21.9 Å². The molecule has 1 saturated heterocycles. The van der Waals surface area contributed by atoms with Gasteiger partial charge in [0.15, 0.2) is 6.10 Å². The Kier molecular flexibility index (Phi) is 8.05. The van der Waals surface area contributed by atoms with Crippen molar-refractivity contribution in [1.82, 2.24) is 9.62 Å². The number of esters is 1. The number of piperidine rings is 1. The maximum Gasteiger partial charge on any atom is 0.309 e. The molecule has 1 N–H and O–H groups in total. The summed E-state index contributed by atoms with van der Waals surface area (Å²) in [6.45, 7) is 2.34. The number of rotatable bonds is 7. The number of amides is 1. The molecular formula is C22H31FN2O5S. The lowest BCUT2D eigenvalue weighted by Gasteiger charge is -2.30. The van der Waals surface area contributed by atoms with Gasteiger partial charge in [0.1, 0.15) is 10.7 Å². The Bertz CT molecular complexity index is 878. The summed E-state index contributed by atoms with van der Waals surface area (Å²) < 4.78 is 45.8. The second-order valence-corrected chi connectivity index (χ2v) is 10.3. The van der Waals surface area contributed by atoms with Crippen LogP contribution in [0, 0.1) is 17.7 Å². The lowest BCUT2D eigenvalue weighted by atomic mass is 9.89. The third kappa shape index (κ3) is 6.04. The standard InChI is InChI=1S/C22H31FN2O5S/c1-16(21(26)24-15-17-7-3-2-4-8-17)30-22(27)18-11-13-25(14-12-18)31(28,29)20-10-6-5-9-19(20)23/h5-6,9-10,16-18H,2-4,7-8,11-15H2,1H3,(H,24,26). The number of ether oxygens (including phenoxy) is 1. The Balaban J connectivity index is 1.46. The summed E-state index contributed by atoms with van der Waals surface area (Å²) in [5, 5.41) is 2.87. The first-order chi connectivity index (χ1) is 14.8. The number of hydrogen-bond donors (Lipinski definition) is 1. The molecule has 1 saturated carbocycles. The molecule has 1 atom stereocenters. The molecule has 1 unspecified atom stereocenters. The zero-order valence-electron chi connectivity index (χ0n) is 17.9. The van der Waals surface area contributed by atoms with Crippen LogP contribution in [0.2, 0.25) is 0 Å². The van der Waals surface area contributed by atoms with E-state index >= 15 is 0 Å². The molecule has 2 aliphatic rings. The number of nitrogens with one attached hydrogen (secondary N) is 1. The molecule has 1 heterocycles. The minimum Gasteiger partial charge on any atom is -0.452 e.